The van der Waals surface area contributed by atoms with Gasteiger partial charge in [0, 0.05) is 37.4 Å². The van der Waals surface area contributed by atoms with E-state index in [1.165, 1.54) is 26.1 Å². The quantitative estimate of drug-likeness (QED) is 0.182. The maximum absolute atomic E-state index is 5.25. The molecule has 3 nitrogen and oxygen atoms in total. The third kappa shape index (κ3) is 5.94. The Balaban J connectivity index is 0.00000364. The fourth-order valence-electron chi connectivity index (χ4n) is 6.09. The monoisotopic (exact) mass is 637 g/mol. The first-order valence-electron chi connectivity index (χ1n) is 15.8. The lowest BCUT2D eigenvalue weighted by Crippen LogP contribution is -1.98. The zero-order valence-electron chi connectivity index (χ0n) is 26.2. The molecule has 0 fully saturated rings. The first kappa shape index (κ1) is 30.9. The van der Waals surface area contributed by atoms with Crippen molar-refractivity contribution in [3.63, 3.8) is 0 Å². The van der Waals surface area contributed by atoms with Crippen molar-refractivity contribution in [2.45, 2.75) is 21.3 Å². The SMILES string of the molecule is C.Cc1sc2c(-c3cccc(-c4nc(-c5ccccc5)cc(-c5cc(-c6ccccc6)nc(-c6ccccc6)c5)n4)c3)cccc2c1C. The van der Waals surface area contributed by atoms with Gasteiger partial charge in [0.15, 0.2) is 5.82 Å². The Morgan fingerprint density at radius 2 is 0.896 bits per heavy atom. The van der Waals surface area contributed by atoms with E-state index in [9.17, 15) is 0 Å². The van der Waals surface area contributed by atoms with Crippen molar-refractivity contribution in [3.8, 4) is 67.5 Å². The van der Waals surface area contributed by atoms with Crippen molar-refractivity contribution in [3.05, 3.63) is 162 Å². The highest BCUT2D eigenvalue weighted by Crippen LogP contribution is 2.39. The predicted molar refractivity (Wildman–Crippen MR) is 204 cm³/mol. The molecule has 0 atom stereocenters. The third-order valence-corrected chi connectivity index (χ3v) is 9.95. The lowest BCUT2D eigenvalue weighted by Gasteiger charge is -2.13. The van der Waals surface area contributed by atoms with Gasteiger partial charge in [0.05, 0.1) is 22.8 Å². The summed E-state index contributed by atoms with van der Waals surface area (Å²) in [7, 11) is 0. The van der Waals surface area contributed by atoms with Crippen LogP contribution in [0.2, 0.25) is 0 Å². The number of pyridine rings is 1. The number of thiophene rings is 1. The fourth-order valence-corrected chi connectivity index (χ4v) is 7.28. The van der Waals surface area contributed by atoms with Crippen LogP contribution in [0.5, 0.6) is 0 Å². The molecule has 4 heteroatoms. The van der Waals surface area contributed by atoms with Gasteiger partial charge in [-0.15, -0.1) is 11.3 Å². The number of benzene rings is 5. The van der Waals surface area contributed by atoms with Crippen LogP contribution in [0.25, 0.3) is 77.6 Å². The summed E-state index contributed by atoms with van der Waals surface area (Å²) in [6.07, 6.45) is 0. The number of hydrogen-bond acceptors (Lipinski definition) is 4. The van der Waals surface area contributed by atoms with Gasteiger partial charge in [-0.3, -0.25) is 0 Å². The first-order valence-corrected chi connectivity index (χ1v) is 16.6. The highest BCUT2D eigenvalue weighted by molar-refractivity contribution is 7.19. The molecular formula is C44H35N3S. The number of aryl methyl sites for hydroxylation is 2. The van der Waals surface area contributed by atoms with Crippen LogP contribution in [0.15, 0.2) is 152 Å². The second-order valence-corrected chi connectivity index (χ2v) is 13.0. The minimum absolute atomic E-state index is 0. The summed E-state index contributed by atoms with van der Waals surface area (Å²) in [5.41, 5.74) is 12.4. The molecule has 0 aliphatic heterocycles. The van der Waals surface area contributed by atoms with Gasteiger partial charge in [-0.1, -0.05) is 135 Å². The van der Waals surface area contributed by atoms with Crippen LogP contribution in [0, 0.1) is 13.8 Å². The van der Waals surface area contributed by atoms with Gasteiger partial charge in [0.25, 0.3) is 0 Å². The van der Waals surface area contributed by atoms with E-state index < -0.39 is 0 Å². The van der Waals surface area contributed by atoms with E-state index in [2.05, 4.69) is 147 Å². The van der Waals surface area contributed by atoms with E-state index in [-0.39, 0.29) is 7.43 Å². The molecule has 0 saturated heterocycles. The van der Waals surface area contributed by atoms with Crippen molar-refractivity contribution in [1.29, 1.82) is 0 Å². The maximum atomic E-state index is 5.25. The molecule has 3 heterocycles. The Kier molecular flexibility index (Phi) is 8.49. The number of fused-ring (bicyclic) bond motifs is 1. The first-order chi connectivity index (χ1) is 23.1. The van der Waals surface area contributed by atoms with E-state index in [0.717, 1.165) is 56.2 Å². The zero-order chi connectivity index (χ0) is 31.7. The molecule has 5 aromatic carbocycles. The van der Waals surface area contributed by atoms with Crippen molar-refractivity contribution < 1.29 is 0 Å². The molecule has 0 N–H and O–H groups in total. The minimum atomic E-state index is 0. The molecule has 3 aromatic heterocycles. The minimum Gasteiger partial charge on any atom is -0.248 e. The lowest BCUT2D eigenvalue weighted by molar-refractivity contribution is 1.18. The van der Waals surface area contributed by atoms with Gasteiger partial charge in [-0.25, -0.2) is 15.0 Å². The Bertz CT molecular complexity index is 2300. The van der Waals surface area contributed by atoms with E-state index in [0.29, 0.717) is 5.82 Å². The molecule has 8 aromatic rings. The highest BCUT2D eigenvalue weighted by Gasteiger charge is 2.16. The maximum Gasteiger partial charge on any atom is 0.160 e. The topological polar surface area (TPSA) is 38.7 Å². The molecular weight excluding hydrogens is 603 g/mol. The Morgan fingerprint density at radius 3 is 1.48 bits per heavy atom. The lowest BCUT2D eigenvalue weighted by atomic mass is 9.99. The molecule has 8 rings (SSSR count). The van der Waals surface area contributed by atoms with Gasteiger partial charge in [-0.2, -0.15) is 0 Å². The standard InChI is InChI=1S/C43H31N3S.CH4/c1-28-29(2)47-42-36(28)22-13-23-37(42)33-20-12-21-34(24-33)43-45-40(32-18-10-5-11-19-32)27-41(46-43)35-25-38(30-14-6-3-7-15-30)44-39(26-35)31-16-8-4-9-17-31;/h3-27H,1-2H3;1H4. The Labute approximate surface area is 286 Å². The molecule has 0 unspecified atom stereocenters. The van der Waals surface area contributed by atoms with E-state index in [4.69, 9.17) is 15.0 Å². The predicted octanol–water partition coefficient (Wildman–Crippen LogP) is 12.3. The van der Waals surface area contributed by atoms with Crippen molar-refractivity contribution in [2.24, 2.45) is 0 Å². The smallest absolute Gasteiger partial charge is 0.160 e. The van der Waals surface area contributed by atoms with E-state index in [1.807, 2.05) is 29.5 Å². The molecule has 0 saturated carbocycles. The summed E-state index contributed by atoms with van der Waals surface area (Å²) < 4.78 is 1.32. The second-order valence-electron chi connectivity index (χ2n) is 11.7. The third-order valence-electron chi connectivity index (χ3n) is 8.69. The normalized spacial score (nSPS) is 11.0. The van der Waals surface area contributed by atoms with Crippen LogP contribution in [0.1, 0.15) is 17.9 Å². The second kappa shape index (κ2) is 13.2. The zero-order valence-corrected chi connectivity index (χ0v) is 27.0. The van der Waals surface area contributed by atoms with Crippen molar-refractivity contribution in [1.82, 2.24) is 15.0 Å². The number of hydrogen-bond donors (Lipinski definition) is 0. The Hall–Kier alpha value is -5.71. The number of aromatic nitrogens is 3. The molecule has 0 aliphatic rings. The molecule has 232 valence electrons. The summed E-state index contributed by atoms with van der Waals surface area (Å²) in [6.45, 7) is 4.42. The van der Waals surface area contributed by atoms with Gasteiger partial charge in [-0.05, 0) is 60.2 Å². The summed E-state index contributed by atoms with van der Waals surface area (Å²) in [4.78, 5) is 16.9. The van der Waals surface area contributed by atoms with Crippen LogP contribution in [0.4, 0.5) is 0 Å². The molecule has 0 aliphatic carbocycles. The highest BCUT2D eigenvalue weighted by atomic mass is 32.1. The fraction of sp³-hybridized carbons (Fsp3) is 0.0682. The Morgan fingerprint density at radius 1 is 0.417 bits per heavy atom. The van der Waals surface area contributed by atoms with E-state index in [1.54, 1.807) is 0 Å². The largest absolute Gasteiger partial charge is 0.248 e. The van der Waals surface area contributed by atoms with Crippen molar-refractivity contribution in [2.75, 3.05) is 0 Å². The molecule has 0 radical (unpaired) electrons. The van der Waals surface area contributed by atoms with Crippen LogP contribution < -0.4 is 0 Å². The van der Waals surface area contributed by atoms with Crippen LogP contribution in [-0.2, 0) is 0 Å². The average molecular weight is 638 g/mol. The summed E-state index contributed by atoms with van der Waals surface area (Å²) >= 11 is 1.86. The van der Waals surface area contributed by atoms with Crippen molar-refractivity contribution >= 4 is 21.4 Å². The molecule has 0 spiro atoms. The van der Waals surface area contributed by atoms with Crippen LogP contribution in [0.3, 0.4) is 0 Å². The average Bonchev–Trinajstić information content (AvgIpc) is 3.45. The van der Waals surface area contributed by atoms with Crippen LogP contribution in [-0.4, -0.2) is 15.0 Å². The number of nitrogens with zero attached hydrogens (tertiary/aromatic N) is 3. The summed E-state index contributed by atoms with van der Waals surface area (Å²) in [5, 5.41) is 1.32. The molecule has 0 bridgehead atoms. The summed E-state index contributed by atoms with van der Waals surface area (Å²) in [6, 6.07) is 52.6. The molecule has 0 amide bonds. The van der Waals surface area contributed by atoms with Gasteiger partial charge in [0.2, 0.25) is 0 Å². The molecule has 48 heavy (non-hydrogen) atoms. The van der Waals surface area contributed by atoms with Crippen LogP contribution >= 0.6 is 11.3 Å². The summed E-state index contributed by atoms with van der Waals surface area (Å²) in [5.74, 6) is 0.688. The number of rotatable bonds is 6. The van der Waals surface area contributed by atoms with Gasteiger partial charge in [0.1, 0.15) is 0 Å². The van der Waals surface area contributed by atoms with Gasteiger partial charge < -0.3 is 0 Å². The van der Waals surface area contributed by atoms with E-state index >= 15 is 0 Å². The van der Waals surface area contributed by atoms with Gasteiger partial charge >= 0.3 is 0 Å².